The second-order valence-electron chi connectivity index (χ2n) is 7.53. The molecule has 0 saturated carbocycles. The van der Waals surface area contributed by atoms with Crippen LogP contribution < -0.4 is 10.0 Å². The Bertz CT molecular complexity index is 1160. The molecule has 2 aromatic carbocycles. The van der Waals surface area contributed by atoms with Gasteiger partial charge in [0, 0.05) is 12.2 Å². The number of carbonyl (C=O) groups excluding carboxylic acids is 1. The molecule has 10 heteroatoms. The van der Waals surface area contributed by atoms with Crippen molar-refractivity contribution in [1.82, 2.24) is 10.5 Å². The number of benzene rings is 2. The number of carbonyl (C=O) groups is 1. The maximum atomic E-state index is 12.9. The lowest BCUT2D eigenvalue weighted by Gasteiger charge is -2.09. The Morgan fingerprint density at radius 1 is 1.06 bits per heavy atom. The van der Waals surface area contributed by atoms with Crippen molar-refractivity contribution in [3.63, 3.8) is 0 Å². The highest BCUT2D eigenvalue weighted by molar-refractivity contribution is 7.92. The highest BCUT2D eigenvalue weighted by atomic mass is 32.2. The van der Waals surface area contributed by atoms with Crippen molar-refractivity contribution in [1.29, 1.82) is 0 Å². The zero-order chi connectivity index (χ0) is 23.8. The number of aromatic nitrogens is 1. The minimum Gasteiger partial charge on any atom is -0.367 e. The molecule has 3 aromatic rings. The van der Waals surface area contributed by atoms with Crippen molar-refractivity contribution >= 4 is 21.6 Å². The summed E-state index contributed by atoms with van der Waals surface area (Å²) in [7, 11) is -3.78. The third kappa shape index (κ3) is 7.13. The predicted octanol–water partition coefficient (Wildman–Crippen LogP) is 3.50. The first kappa shape index (κ1) is 24.4. The number of hydrogen-bond acceptors (Lipinski definition) is 6. The van der Waals surface area contributed by atoms with Crippen molar-refractivity contribution in [2.24, 2.45) is 0 Å². The van der Waals surface area contributed by atoms with E-state index in [-0.39, 0.29) is 35.6 Å². The number of nitrogens with one attached hydrogen (secondary N) is 2. The van der Waals surface area contributed by atoms with Gasteiger partial charge in [0.2, 0.25) is 5.91 Å². The first-order chi connectivity index (χ1) is 15.7. The second-order valence-corrected chi connectivity index (χ2v) is 9.15. The molecule has 8 nitrogen and oxygen atoms in total. The Labute approximate surface area is 192 Å². The van der Waals surface area contributed by atoms with Gasteiger partial charge in [-0.3, -0.25) is 9.52 Å². The standard InChI is InChI=1S/C23H26FN3O5S/c1-16-23(17(2)32-26-16)33(29,30)27-21-11-7-18(8-12-21)4-3-13-25-22(28)15-31-14-19-5-9-20(24)10-6-19/h5-12,27H,3-4,13-15H2,1-2H3,(H,25,28). The summed E-state index contributed by atoms with van der Waals surface area (Å²) in [5.74, 6) is -0.301. The van der Waals surface area contributed by atoms with Gasteiger partial charge in [-0.15, -0.1) is 0 Å². The maximum Gasteiger partial charge on any atom is 0.267 e. The number of ether oxygens (including phenoxy) is 1. The van der Waals surface area contributed by atoms with E-state index in [1.807, 2.05) is 12.1 Å². The predicted molar refractivity (Wildman–Crippen MR) is 121 cm³/mol. The van der Waals surface area contributed by atoms with E-state index in [0.29, 0.717) is 30.8 Å². The van der Waals surface area contributed by atoms with E-state index in [1.165, 1.54) is 12.1 Å². The lowest BCUT2D eigenvalue weighted by Crippen LogP contribution is -2.28. The Morgan fingerprint density at radius 3 is 2.36 bits per heavy atom. The molecule has 0 aliphatic carbocycles. The number of amides is 1. The van der Waals surface area contributed by atoms with Crippen LogP contribution in [0.15, 0.2) is 57.9 Å². The third-order valence-electron chi connectivity index (χ3n) is 4.82. The van der Waals surface area contributed by atoms with E-state index >= 15 is 0 Å². The number of aryl methyl sites for hydroxylation is 3. The van der Waals surface area contributed by atoms with Gasteiger partial charge in [0.1, 0.15) is 18.1 Å². The smallest absolute Gasteiger partial charge is 0.267 e. The van der Waals surface area contributed by atoms with E-state index in [9.17, 15) is 17.6 Å². The molecule has 0 atom stereocenters. The van der Waals surface area contributed by atoms with E-state index in [4.69, 9.17) is 9.26 Å². The number of hydrogen-bond donors (Lipinski definition) is 2. The van der Waals surface area contributed by atoms with Gasteiger partial charge in [0.05, 0.1) is 6.61 Å². The molecule has 3 rings (SSSR count). The summed E-state index contributed by atoms with van der Waals surface area (Å²) < 4.78 is 50.8. The normalized spacial score (nSPS) is 11.4. The topological polar surface area (TPSA) is 111 Å². The zero-order valence-corrected chi connectivity index (χ0v) is 19.2. The number of rotatable bonds is 11. The van der Waals surface area contributed by atoms with Gasteiger partial charge in [0.15, 0.2) is 10.7 Å². The van der Waals surface area contributed by atoms with Crippen molar-refractivity contribution in [3.05, 3.63) is 76.9 Å². The number of anilines is 1. The van der Waals surface area contributed by atoms with Gasteiger partial charge < -0.3 is 14.6 Å². The minimum atomic E-state index is -3.78. The summed E-state index contributed by atoms with van der Waals surface area (Å²) >= 11 is 0. The fraction of sp³-hybridized carbons (Fsp3) is 0.304. The number of sulfonamides is 1. The highest BCUT2D eigenvalue weighted by Gasteiger charge is 2.24. The number of halogens is 1. The molecule has 33 heavy (non-hydrogen) atoms. The fourth-order valence-corrected chi connectivity index (χ4v) is 4.61. The van der Waals surface area contributed by atoms with Crippen LogP contribution in [0.1, 0.15) is 29.0 Å². The molecule has 0 spiro atoms. The summed E-state index contributed by atoms with van der Waals surface area (Å²) in [6, 6.07) is 13.0. The molecule has 0 bridgehead atoms. The molecular formula is C23H26FN3O5S. The van der Waals surface area contributed by atoms with Crippen molar-refractivity contribution in [3.8, 4) is 0 Å². The Morgan fingerprint density at radius 2 is 1.73 bits per heavy atom. The quantitative estimate of drug-likeness (QED) is 0.411. The summed E-state index contributed by atoms with van der Waals surface area (Å²) in [5.41, 5.74) is 2.55. The Hall–Kier alpha value is -3.24. The molecule has 0 saturated heterocycles. The minimum absolute atomic E-state index is 0.0453. The molecule has 2 N–H and O–H groups in total. The van der Waals surface area contributed by atoms with Gasteiger partial charge >= 0.3 is 0 Å². The lowest BCUT2D eigenvalue weighted by atomic mass is 10.1. The summed E-state index contributed by atoms with van der Waals surface area (Å²) in [6.07, 6.45) is 1.43. The highest BCUT2D eigenvalue weighted by Crippen LogP contribution is 2.22. The molecule has 0 unspecified atom stereocenters. The van der Waals surface area contributed by atoms with Crippen LogP contribution in [0.25, 0.3) is 0 Å². The summed E-state index contributed by atoms with van der Waals surface area (Å²) in [4.78, 5) is 11.9. The van der Waals surface area contributed by atoms with Crippen LogP contribution in [-0.4, -0.2) is 32.6 Å². The van der Waals surface area contributed by atoms with Crippen LogP contribution in [0.2, 0.25) is 0 Å². The van der Waals surface area contributed by atoms with E-state index in [0.717, 1.165) is 11.1 Å². The average molecular weight is 476 g/mol. The van der Waals surface area contributed by atoms with E-state index < -0.39 is 10.0 Å². The molecule has 0 fully saturated rings. The molecule has 1 aromatic heterocycles. The van der Waals surface area contributed by atoms with Crippen molar-refractivity contribution in [2.45, 2.75) is 38.2 Å². The lowest BCUT2D eigenvalue weighted by molar-refractivity contribution is -0.126. The average Bonchev–Trinajstić information content (AvgIpc) is 3.12. The van der Waals surface area contributed by atoms with E-state index in [2.05, 4.69) is 15.2 Å². The largest absolute Gasteiger partial charge is 0.367 e. The van der Waals surface area contributed by atoms with Gasteiger partial charge in [-0.05, 0) is 62.1 Å². The van der Waals surface area contributed by atoms with Crippen LogP contribution in [0.5, 0.6) is 0 Å². The monoisotopic (exact) mass is 475 g/mol. The molecule has 1 heterocycles. The van der Waals surface area contributed by atoms with Crippen LogP contribution >= 0.6 is 0 Å². The molecular weight excluding hydrogens is 449 g/mol. The van der Waals surface area contributed by atoms with Crippen LogP contribution in [0.4, 0.5) is 10.1 Å². The van der Waals surface area contributed by atoms with Gasteiger partial charge in [-0.2, -0.15) is 0 Å². The Kier molecular flexibility index (Phi) is 8.18. The molecule has 0 radical (unpaired) electrons. The summed E-state index contributed by atoms with van der Waals surface area (Å²) in [5, 5.41) is 6.47. The SMILES string of the molecule is Cc1noc(C)c1S(=O)(=O)Nc1ccc(CCCNC(=O)COCc2ccc(F)cc2)cc1. The maximum absolute atomic E-state index is 12.9. The second kappa shape index (κ2) is 11.1. The number of nitrogens with zero attached hydrogens (tertiary/aromatic N) is 1. The summed E-state index contributed by atoms with van der Waals surface area (Å²) in [6.45, 7) is 3.77. The van der Waals surface area contributed by atoms with Gasteiger partial charge in [-0.25, -0.2) is 12.8 Å². The molecule has 0 aliphatic heterocycles. The first-order valence-electron chi connectivity index (χ1n) is 10.4. The van der Waals surface area contributed by atoms with Gasteiger partial charge in [-0.1, -0.05) is 29.4 Å². The molecule has 0 aliphatic rings. The molecule has 176 valence electrons. The third-order valence-corrected chi connectivity index (χ3v) is 6.45. The van der Waals surface area contributed by atoms with Crippen LogP contribution in [0, 0.1) is 19.7 Å². The zero-order valence-electron chi connectivity index (χ0n) is 18.4. The van der Waals surface area contributed by atoms with Crippen molar-refractivity contribution < 1.29 is 26.9 Å². The fourth-order valence-electron chi connectivity index (χ4n) is 3.22. The van der Waals surface area contributed by atoms with Crippen molar-refractivity contribution in [2.75, 3.05) is 17.9 Å². The van der Waals surface area contributed by atoms with Crippen LogP contribution in [0.3, 0.4) is 0 Å². The molecule has 1 amide bonds. The first-order valence-corrected chi connectivity index (χ1v) is 11.9. The van der Waals surface area contributed by atoms with Gasteiger partial charge in [0.25, 0.3) is 10.0 Å². The Balaban J connectivity index is 1.37. The van der Waals surface area contributed by atoms with E-state index in [1.54, 1.807) is 38.1 Å². The van der Waals surface area contributed by atoms with Crippen LogP contribution in [-0.2, 0) is 32.6 Å².